The second kappa shape index (κ2) is 9.34. The maximum absolute atomic E-state index is 12.4. The summed E-state index contributed by atoms with van der Waals surface area (Å²) >= 11 is 0. The fraction of sp³-hybridized carbons (Fsp3) is 0.611. The lowest BCUT2D eigenvalue weighted by Gasteiger charge is -2.30. The van der Waals surface area contributed by atoms with Crippen LogP contribution in [0.2, 0.25) is 0 Å². The van der Waals surface area contributed by atoms with Crippen molar-refractivity contribution in [2.75, 3.05) is 19.3 Å². The SMILES string of the molecule is CC(C)NS(=O)(=O)Cc1ccc(CNC(=O)C2CCCN(S(C)(=O)=O)C2)cc1. The molecule has 1 aromatic carbocycles. The Morgan fingerprint density at radius 2 is 1.75 bits per heavy atom. The Balaban J connectivity index is 1.88. The predicted molar refractivity (Wildman–Crippen MR) is 108 cm³/mol. The zero-order valence-electron chi connectivity index (χ0n) is 16.5. The van der Waals surface area contributed by atoms with Crippen LogP contribution in [0, 0.1) is 5.92 Å². The first kappa shape index (κ1) is 22.8. The Labute approximate surface area is 167 Å². The highest BCUT2D eigenvalue weighted by molar-refractivity contribution is 7.88. The van der Waals surface area contributed by atoms with E-state index in [-0.39, 0.29) is 30.2 Å². The molecule has 1 aromatic rings. The van der Waals surface area contributed by atoms with Gasteiger partial charge in [0.2, 0.25) is 26.0 Å². The molecule has 158 valence electrons. The van der Waals surface area contributed by atoms with Crippen molar-refractivity contribution in [3.63, 3.8) is 0 Å². The molecule has 1 amide bonds. The zero-order chi connectivity index (χ0) is 20.9. The monoisotopic (exact) mass is 431 g/mol. The van der Waals surface area contributed by atoms with Crippen LogP contribution in [0.1, 0.15) is 37.8 Å². The van der Waals surface area contributed by atoms with Crippen molar-refractivity contribution in [2.45, 2.75) is 45.0 Å². The van der Waals surface area contributed by atoms with E-state index in [1.165, 1.54) is 4.31 Å². The van der Waals surface area contributed by atoms with Gasteiger partial charge in [0.25, 0.3) is 0 Å². The smallest absolute Gasteiger partial charge is 0.224 e. The number of benzene rings is 1. The number of hydrogen-bond donors (Lipinski definition) is 2. The summed E-state index contributed by atoms with van der Waals surface area (Å²) in [6.45, 7) is 4.52. The van der Waals surface area contributed by atoms with E-state index in [1.807, 2.05) is 0 Å². The molecule has 1 unspecified atom stereocenters. The van der Waals surface area contributed by atoms with Gasteiger partial charge in [-0.05, 0) is 37.8 Å². The van der Waals surface area contributed by atoms with Gasteiger partial charge in [0.1, 0.15) is 0 Å². The summed E-state index contributed by atoms with van der Waals surface area (Å²) < 4.78 is 51.2. The van der Waals surface area contributed by atoms with Crippen LogP contribution in [-0.2, 0) is 37.1 Å². The zero-order valence-corrected chi connectivity index (χ0v) is 18.1. The lowest BCUT2D eigenvalue weighted by atomic mass is 9.98. The fourth-order valence-electron chi connectivity index (χ4n) is 3.16. The van der Waals surface area contributed by atoms with Gasteiger partial charge in [0.05, 0.1) is 17.9 Å². The molecule has 2 N–H and O–H groups in total. The van der Waals surface area contributed by atoms with Crippen LogP contribution in [0.5, 0.6) is 0 Å². The molecule has 0 bridgehead atoms. The number of carbonyl (C=O) groups is 1. The van der Waals surface area contributed by atoms with Gasteiger partial charge in [-0.1, -0.05) is 24.3 Å². The van der Waals surface area contributed by atoms with Crippen molar-refractivity contribution >= 4 is 26.0 Å². The maximum atomic E-state index is 12.4. The molecule has 0 saturated carbocycles. The van der Waals surface area contributed by atoms with Crippen LogP contribution in [0.15, 0.2) is 24.3 Å². The van der Waals surface area contributed by atoms with E-state index in [9.17, 15) is 21.6 Å². The average molecular weight is 432 g/mol. The average Bonchev–Trinajstić information content (AvgIpc) is 2.58. The van der Waals surface area contributed by atoms with Crippen LogP contribution < -0.4 is 10.0 Å². The lowest BCUT2D eigenvalue weighted by molar-refractivity contribution is -0.126. The molecular weight excluding hydrogens is 402 g/mol. The number of nitrogens with zero attached hydrogens (tertiary/aromatic N) is 1. The van der Waals surface area contributed by atoms with Gasteiger partial charge in [-0.25, -0.2) is 25.9 Å². The Hall–Kier alpha value is -1.49. The summed E-state index contributed by atoms with van der Waals surface area (Å²) in [4.78, 5) is 12.4. The molecule has 1 heterocycles. The summed E-state index contributed by atoms with van der Waals surface area (Å²) in [6, 6.07) is 6.87. The van der Waals surface area contributed by atoms with Crippen molar-refractivity contribution in [1.82, 2.24) is 14.3 Å². The first-order chi connectivity index (χ1) is 13.0. The Kier molecular flexibility index (Phi) is 7.60. The number of rotatable bonds is 8. The van der Waals surface area contributed by atoms with Crippen molar-refractivity contribution in [2.24, 2.45) is 5.92 Å². The summed E-state index contributed by atoms with van der Waals surface area (Å²) in [6.07, 6.45) is 2.49. The minimum Gasteiger partial charge on any atom is -0.352 e. The minimum atomic E-state index is -3.38. The second-order valence-corrected chi connectivity index (χ2v) is 11.3. The van der Waals surface area contributed by atoms with Gasteiger partial charge in [0, 0.05) is 25.7 Å². The third kappa shape index (κ3) is 7.16. The predicted octanol–water partition coefficient (Wildman–Crippen LogP) is 0.802. The number of piperidine rings is 1. The van der Waals surface area contributed by atoms with E-state index in [4.69, 9.17) is 0 Å². The summed E-state index contributed by atoms with van der Waals surface area (Å²) in [5.74, 6) is -0.613. The van der Waals surface area contributed by atoms with Crippen molar-refractivity contribution in [3.8, 4) is 0 Å². The number of carbonyl (C=O) groups excluding carboxylic acids is 1. The Bertz CT molecular complexity index is 880. The number of nitrogens with one attached hydrogen (secondary N) is 2. The van der Waals surface area contributed by atoms with E-state index < -0.39 is 20.0 Å². The first-order valence-electron chi connectivity index (χ1n) is 9.27. The topological polar surface area (TPSA) is 113 Å². The molecule has 8 nitrogen and oxygen atoms in total. The number of hydrogen-bond acceptors (Lipinski definition) is 5. The van der Waals surface area contributed by atoms with Crippen molar-refractivity contribution in [1.29, 1.82) is 0 Å². The van der Waals surface area contributed by atoms with Crippen LogP contribution in [0.3, 0.4) is 0 Å². The standard InChI is InChI=1S/C18H29N3O5S2/c1-14(2)20-28(25,26)13-16-8-6-15(7-9-16)11-19-18(22)17-5-4-10-21(12-17)27(3,23)24/h6-9,14,17,20H,4-5,10-13H2,1-3H3,(H,19,22). The van der Waals surface area contributed by atoms with Gasteiger partial charge < -0.3 is 5.32 Å². The summed E-state index contributed by atoms with van der Waals surface area (Å²) in [5.41, 5.74) is 1.52. The third-order valence-corrected chi connectivity index (χ3v) is 7.30. The first-order valence-corrected chi connectivity index (χ1v) is 12.8. The lowest BCUT2D eigenvalue weighted by Crippen LogP contribution is -2.44. The quantitative estimate of drug-likeness (QED) is 0.632. The Morgan fingerprint density at radius 1 is 1.14 bits per heavy atom. The number of sulfonamides is 2. The molecule has 0 spiro atoms. The minimum absolute atomic E-state index is 0.0960. The maximum Gasteiger partial charge on any atom is 0.224 e. The molecule has 2 rings (SSSR count). The third-order valence-electron chi connectivity index (χ3n) is 4.49. The second-order valence-electron chi connectivity index (χ2n) is 7.53. The molecule has 28 heavy (non-hydrogen) atoms. The van der Waals surface area contributed by atoms with Gasteiger partial charge in [-0.3, -0.25) is 4.79 Å². The van der Waals surface area contributed by atoms with E-state index in [0.717, 1.165) is 11.8 Å². The fourth-order valence-corrected chi connectivity index (χ4v) is 5.51. The highest BCUT2D eigenvalue weighted by Gasteiger charge is 2.29. The van der Waals surface area contributed by atoms with Gasteiger partial charge in [0.15, 0.2) is 0 Å². The van der Waals surface area contributed by atoms with Gasteiger partial charge >= 0.3 is 0 Å². The van der Waals surface area contributed by atoms with E-state index in [0.29, 0.717) is 31.5 Å². The van der Waals surface area contributed by atoms with Gasteiger partial charge in [-0.15, -0.1) is 0 Å². The van der Waals surface area contributed by atoms with Crippen LogP contribution in [0.25, 0.3) is 0 Å². The molecule has 0 radical (unpaired) electrons. The highest BCUT2D eigenvalue weighted by Crippen LogP contribution is 2.19. The molecule has 0 aliphatic carbocycles. The molecule has 1 fully saturated rings. The number of amides is 1. The molecule has 0 aromatic heterocycles. The van der Waals surface area contributed by atoms with E-state index >= 15 is 0 Å². The van der Waals surface area contributed by atoms with Crippen molar-refractivity contribution in [3.05, 3.63) is 35.4 Å². The molecule has 1 atom stereocenters. The summed E-state index contributed by atoms with van der Waals surface area (Å²) in [7, 11) is -6.67. The highest BCUT2D eigenvalue weighted by atomic mass is 32.2. The van der Waals surface area contributed by atoms with E-state index in [1.54, 1.807) is 38.1 Å². The van der Waals surface area contributed by atoms with Crippen molar-refractivity contribution < 1.29 is 21.6 Å². The van der Waals surface area contributed by atoms with Crippen LogP contribution >= 0.6 is 0 Å². The Morgan fingerprint density at radius 3 is 2.32 bits per heavy atom. The van der Waals surface area contributed by atoms with E-state index in [2.05, 4.69) is 10.0 Å². The largest absolute Gasteiger partial charge is 0.352 e. The molecule has 10 heteroatoms. The molecule has 1 aliphatic rings. The molecule has 1 saturated heterocycles. The molecule has 1 aliphatic heterocycles. The van der Waals surface area contributed by atoms with Gasteiger partial charge in [-0.2, -0.15) is 0 Å². The summed E-state index contributed by atoms with van der Waals surface area (Å²) in [5, 5.41) is 2.84. The normalized spacial score (nSPS) is 18.9. The van der Waals surface area contributed by atoms with Crippen LogP contribution in [0.4, 0.5) is 0 Å². The van der Waals surface area contributed by atoms with Crippen LogP contribution in [-0.4, -0.2) is 52.4 Å². The molecular formula is C18H29N3O5S2.